The predicted molar refractivity (Wildman–Crippen MR) is 126 cm³/mol. The molecule has 0 fully saturated rings. The lowest BCUT2D eigenvalue weighted by molar-refractivity contribution is -0.112. The van der Waals surface area contributed by atoms with Gasteiger partial charge in [-0.25, -0.2) is 0 Å². The number of nitriles is 1. The zero-order chi connectivity index (χ0) is 21.8. The summed E-state index contributed by atoms with van der Waals surface area (Å²) in [6.45, 7) is 2.78. The molecule has 0 radical (unpaired) electrons. The third kappa shape index (κ3) is 4.69. The van der Waals surface area contributed by atoms with Crippen LogP contribution >= 0.6 is 11.6 Å². The van der Waals surface area contributed by atoms with Gasteiger partial charge in [-0.3, -0.25) is 4.79 Å². The summed E-state index contributed by atoms with van der Waals surface area (Å²) in [4.78, 5) is 12.7. The van der Waals surface area contributed by atoms with Gasteiger partial charge in [0, 0.05) is 39.9 Å². The molecule has 3 aromatic carbocycles. The summed E-state index contributed by atoms with van der Waals surface area (Å²) in [5, 5.41) is 13.9. The lowest BCUT2D eigenvalue weighted by atomic mass is 10.1. The van der Waals surface area contributed by atoms with Crippen molar-refractivity contribution in [2.45, 2.75) is 13.5 Å². The Bertz CT molecular complexity index is 1330. The Morgan fingerprint density at radius 3 is 2.61 bits per heavy atom. The molecule has 152 valence electrons. The lowest BCUT2D eigenvalue weighted by Crippen LogP contribution is -2.13. The van der Waals surface area contributed by atoms with E-state index in [0.717, 1.165) is 16.5 Å². The van der Waals surface area contributed by atoms with E-state index in [4.69, 9.17) is 11.6 Å². The molecule has 5 heteroatoms. The van der Waals surface area contributed by atoms with Gasteiger partial charge in [0.05, 0.1) is 0 Å². The first-order valence-corrected chi connectivity index (χ1v) is 10.2. The molecule has 0 saturated carbocycles. The standard InChI is InChI=1S/C26H20ClN3O/c1-18-5-4-6-19(13-18)16-30-17-21(24-7-2-3-8-25(24)30)14-20(15-28)26(31)29-23-11-9-22(27)10-12-23/h2-14,17H,16H2,1H3,(H,29,31)/b20-14-. The molecule has 1 heterocycles. The van der Waals surface area contributed by atoms with Crippen LogP contribution in [0.15, 0.2) is 84.6 Å². The molecule has 0 unspecified atom stereocenters. The molecule has 0 saturated heterocycles. The fourth-order valence-corrected chi connectivity index (χ4v) is 3.69. The van der Waals surface area contributed by atoms with E-state index in [1.165, 1.54) is 11.1 Å². The van der Waals surface area contributed by atoms with E-state index in [9.17, 15) is 10.1 Å². The van der Waals surface area contributed by atoms with Gasteiger partial charge in [-0.15, -0.1) is 0 Å². The molecule has 4 rings (SSSR count). The van der Waals surface area contributed by atoms with Gasteiger partial charge in [-0.1, -0.05) is 59.6 Å². The largest absolute Gasteiger partial charge is 0.342 e. The Labute approximate surface area is 186 Å². The van der Waals surface area contributed by atoms with E-state index in [1.54, 1.807) is 30.3 Å². The van der Waals surface area contributed by atoms with Crippen LogP contribution in [0, 0.1) is 18.3 Å². The van der Waals surface area contributed by atoms with Gasteiger partial charge in [0.2, 0.25) is 0 Å². The summed E-state index contributed by atoms with van der Waals surface area (Å²) in [5.74, 6) is -0.458. The number of fused-ring (bicyclic) bond motifs is 1. The number of para-hydroxylation sites is 1. The number of anilines is 1. The highest BCUT2D eigenvalue weighted by molar-refractivity contribution is 6.30. The Morgan fingerprint density at radius 2 is 1.87 bits per heavy atom. The van der Waals surface area contributed by atoms with Crippen LogP contribution in [-0.4, -0.2) is 10.5 Å². The van der Waals surface area contributed by atoms with Crippen molar-refractivity contribution < 1.29 is 4.79 Å². The number of nitrogens with zero attached hydrogens (tertiary/aromatic N) is 2. The highest BCUT2D eigenvalue weighted by Crippen LogP contribution is 2.25. The van der Waals surface area contributed by atoms with Crippen LogP contribution in [0.5, 0.6) is 0 Å². The first kappa shape index (κ1) is 20.5. The van der Waals surface area contributed by atoms with Crippen molar-refractivity contribution in [2.24, 2.45) is 0 Å². The zero-order valence-electron chi connectivity index (χ0n) is 17.0. The number of hydrogen-bond acceptors (Lipinski definition) is 2. The maximum Gasteiger partial charge on any atom is 0.266 e. The van der Waals surface area contributed by atoms with Crippen LogP contribution in [0.1, 0.15) is 16.7 Å². The van der Waals surface area contributed by atoms with Crippen molar-refractivity contribution in [3.63, 3.8) is 0 Å². The number of rotatable bonds is 5. The van der Waals surface area contributed by atoms with Crippen molar-refractivity contribution in [2.75, 3.05) is 5.32 Å². The highest BCUT2D eigenvalue weighted by atomic mass is 35.5. The summed E-state index contributed by atoms with van der Waals surface area (Å²) in [7, 11) is 0. The Kier molecular flexibility index (Phi) is 5.88. The van der Waals surface area contributed by atoms with Crippen molar-refractivity contribution in [1.82, 2.24) is 4.57 Å². The van der Waals surface area contributed by atoms with Crippen LogP contribution in [0.4, 0.5) is 5.69 Å². The van der Waals surface area contributed by atoms with Crippen LogP contribution in [-0.2, 0) is 11.3 Å². The molecule has 1 N–H and O–H groups in total. The smallest absolute Gasteiger partial charge is 0.266 e. The molecular formula is C26H20ClN3O. The molecular weight excluding hydrogens is 406 g/mol. The summed E-state index contributed by atoms with van der Waals surface area (Å²) in [5.41, 5.74) is 4.89. The van der Waals surface area contributed by atoms with Gasteiger partial charge in [0.1, 0.15) is 11.6 Å². The number of halogens is 1. The lowest BCUT2D eigenvalue weighted by Gasteiger charge is -2.06. The number of aryl methyl sites for hydroxylation is 1. The molecule has 0 aliphatic rings. The second kappa shape index (κ2) is 8.91. The molecule has 31 heavy (non-hydrogen) atoms. The molecule has 0 spiro atoms. The third-order valence-corrected chi connectivity index (χ3v) is 5.27. The third-order valence-electron chi connectivity index (χ3n) is 5.02. The molecule has 4 aromatic rings. The van der Waals surface area contributed by atoms with Crippen molar-refractivity contribution in [3.8, 4) is 6.07 Å². The van der Waals surface area contributed by atoms with E-state index < -0.39 is 5.91 Å². The Hall–Kier alpha value is -3.81. The van der Waals surface area contributed by atoms with Crippen molar-refractivity contribution in [1.29, 1.82) is 5.26 Å². The van der Waals surface area contributed by atoms with Gasteiger partial charge < -0.3 is 9.88 Å². The molecule has 0 aliphatic heterocycles. The minimum Gasteiger partial charge on any atom is -0.342 e. The molecule has 1 amide bonds. The number of carbonyl (C=O) groups is 1. The average molecular weight is 426 g/mol. The molecule has 1 aromatic heterocycles. The van der Waals surface area contributed by atoms with E-state index >= 15 is 0 Å². The van der Waals surface area contributed by atoms with Gasteiger partial charge >= 0.3 is 0 Å². The quantitative estimate of drug-likeness (QED) is 0.306. The fraction of sp³-hybridized carbons (Fsp3) is 0.0769. The highest BCUT2D eigenvalue weighted by Gasteiger charge is 2.13. The molecule has 0 bridgehead atoms. The van der Waals surface area contributed by atoms with Crippen LogP contribution < -0.4 is 5.32 Å². The minimum absolute atomic E-state index is 0.0356. The van der Waals surface area contributed by atoms with Gasteiger partial charge in [-0.2, -0.15) is 5.26 Å². The number of carbonyl (C=O) groups excluding carboxylic acids is 1. The number of benzene rings is 3. The summed E-state index contributed by atoms with van der Waals surface area (Å²) in [6.07, 6.45) is 3.63. The number of amides is 1. The van der Waals surface area contributed by atoms with E-state index in [-0.39, 0.29) is 5.57 Å². The average Bonchev–Trinajstić information content (AvgIpc) is 3.11. The van der Waals surface area contributed by atoms with Crippen molar-refractivity contribution >= 4 is 40.2 Å². The molecule has 0 atom stereocenters. The van der Waals surface area contributed by atoms with Gasteiger partial charge in [0.25, 0.3) is 5.91 Å². The second-order valence-corrected chi connectivity index (χ2v) is 7.79. The SMILES string of the molecule is Cc1cccc(Cn2cc(/C=C(/C#N)C(=O)Nc3ccc(Cl)cc3)c3ccccc32)c1. The number of aromatic nitrogens is 1. The van der Waals surface area contributed by atoms with Gasteiger partial charge in [-0.05, 0) is 48.9 Å². The van der Waals surface area contributed by atoms with Gasteiger partial charge in [0.15, 0.2) is 0 Å². The maximum atomic E-state index is 12.7. The summed E-state index contributed by atoms with van der Waals surface area (Å²) < 4.78 is 2.14. The first-order valence-electron chi connectivity index (χ1n) is 9.85. The van der Waals surface area contributed by atoms with E-state index in [1.807, 2.05) is 42.6 Å². The van der Waals surface area contributed by atoms with E-state index in [2.05, 4.69) is 35.0 Å². The maximum absolute atomic E-state index is 12.7. The normalized spacial score (nSPS) is 11.3. The Morgan fingerprint density at radius 1 is 1.10 bits per heavy atom. The van der Waals surface area contributed by atoms with Crippen LogP contribution in [0.25, 0.3) is 17.0 Å². The second-order valence-electron chi connectivity index (χ2n) is 7.35. The topological polar surface area (TPSA) is 57.8 Å². The zero-order valence-corrected chi connectivity index (χ0v) is 17.7. The number of hydrogen-bond donors (Lipinski definition) is 1. The summed E-state index contributed by atoms with van der Waals surface area (Å²) >= 11 is 5.89. The summed E-state index contributed by atoms with van der Waals surface area (Å²) in [6, 6.07) is 25.2. The van der Waals surface area contributed by atoms with Crippen LogP contribution in [0.3, 0.4) is 0 Å². The van der Waals surface area contributed by atoms with Crippen LogP contribution in [0.2, 0.25) is 5.02 Å². The fourth-order valence-electron chi connectivity index (χ4n) is 3.56. The Balaban J connectivity index is 1.67. The molecule has 4 nitrogen and oxygen atoms in total. The minimum atomic E-state index is -0.458. The number of nitrogens with one attached hydrogen (secondary N) is 1. The first-order chi connectivity index (χ1) is 15.0. The van der Waals surface area contributed by atoms with E-state index in [0.29, 0.717) is 17.3 Å². The molecule has 0 aliphatic carbocycles. The van der Waals surface area contributed by atoms with Crippen molar-refractivity contribution in [3.05, 3.63) is 106 Å². The monoisotopic (exact) mass is 425 g/mol. The predicted octanol–water partition coefficient (Wildman–Crippen LogP) is 6.20.